The van der Waals surface area contributed by atoms with Crippen molar-refractivity contribution in [3.05, 3.63) is 59.0 Å². The number of aryl methyl sites for hydroxylation is 1. The number of aromatic carboxylic acids is 1. The minimum atomic E-state index is -1.02. The van der Waals surface area contributed by atoms with Gasteiger partial charge >= 0.3 is 5.97 Å². The Morgan fingerprint density at radius 2 is 1.96 bits per heavy atom. The van der Waals surface area contributed by atoms with Crippen LogP contribution in [-0.4, -0.2) is 17.0 Å². The topological polar surface area (TPSA) is 79.5 Å². The van der Waals surface area contributed by atoms with Gasteiger partial charge < -0.3 is 14.8 Å². The van der Waals surface area contributed by atoms with E-state index in [9.17, 15) is 9.59 Å². The van der Waals surface area contributed by atoms with Crippen molar-refractivity contribution in [2.45, 2.75) is 32.7 Å². The van der Waals surface area contributed by atoms with E-state index in [0.717, 1.165) is 24.8 Å². The average Bonchev–Trinajstić information content (AvgIpc) is 3.21. The predicted octanol–water partition coefficient (Wildman–Crippen LogP) is 2.93. The van der Waals surface area contributed by atoms with Crippen molar-refractivity contribution in [3.8, 4) is 0 Å². The van der Waals surface area contributed by atoms with Crippen LogP contribution in [0.4, 0.5) is 0 Å². The van der Waals surface area contributed by atoms with Crippen LogP contribution in [0.3, 0.4) is 0 Å². The number of benzene rings is 1. The van der Waals surface area contributed by atoms with Gasteiger partial charge in [0, 0.05) is 0 Å². The third kappa shape index (κ3) is 3.28. The van der Waals surface area contributed by atoms with Crippen LogP contribution in [0.2, 0.25) is 0 Å². The Bertz CT molecular complexity index is 729. The highest BCUT2D eigenvalue weighted by Gasteiger charge is 2.49. The largest absolute Gasteiger partial charge is 0.478 e. The first-order valence-corrected chi connectivity index (χ1v) is 7.65. The number of carbonyl (C=O) groups excluding carboxylic acids is 1. The Balaban J connectivity index is 1.61. The molecule has 1 aromatic carbocycles. The van der Waals surface area contributed by atoms with Crippen molar-refractivity contribution >= 4 is 11.9 Å². The molecule has 5 heteroatoms. The third-order valence-corrected chi connectivity index (χ3v) is 4.34. The van der Waals surface area contributed by atoms with Crippen molar-refractivity contribution in [3.63, 3.8) is 0 Å². The summed E-state index contributed by atoms with van der Waals surface area (Å²) in [6, 6.07) is 11.4. The van der Waals surface area contributed by atoms with Crippen molar-refractivity contribution in [1.29, 1.82) is 0 Å². The molecule has 2 N–H and O–H groups in total. The monoisotopic (exact) mass is 313 g/mol. The fourth-order valence-corrected chi connectivity index (χ4v) is 2.82. The average molecular weight is 313 g/mol. The van der Waals surface area contributed by atoms with Crippen molar-refractivity contribution in [2.75, 3.05) is 0 Å². The quantitative estimate of drug-likeness (QED) is 0.859. The molecule has 1 aromatic heterocycles. The van der Waals surface area contributed by atoms with E-state index in [-0.39, 0.29) is 23.4 Å². The maximum Gasteiger partial charge on any atom is 0.339 e. The molecule has 2 aromatic rings. The standard InChI is InChI=1S/C18H19NO4/c1-12-15(16(20)21)9-14(23-12)11-19-17(22)18(7-8-18)10-13-5-3-2-4-6-13/h2-6,9H,7-8,10-11H2,1H3,(H,19,22)(H,20,21). The second-order valence-electron chi connectivity index (χ2n) is 6.11. The maximum absolute atomic E-state index is 12.5. The van der Waals surface area contributed by atoms with E-state index in [1.54, 1.807) is 6.92 Å². The highest BCUT2D eigenvalue weighted by molar-refractivity contribution is 5.89. The second kappa shape index (κ2) is 5.91. The Morgan fingerprint density at radius 3 is 2.52 bits per heavy atom. The first kappa shape index (κ1) is 15.3. The summed E-state index contributed by atoms with van der Waals surface area (Å²) < 4.78 is 5.38. The zero-order valence-electron chi connectivity index (χ0n) is 13.0. The number of rotatable bonds is 6. The third-order valence-electron chi connectivity index (χ3n) is 4.34. The molecule has 0 unspecified atom stereocenters. The molecule has 0 spiro atoms. The normalized spacial score (nSPS) is 15.2. The predicted molar refractivity (Wildman–Crippen MR) is 84.1 cm³/mol. The molecule has 3 rings (SSSR count). The fourth-order valence-electron chi connectivity index (χ4n) is 2.82. The summed E-state index contributed by atoms with van der Waals surface area (Å²) in [5.74, 6) is -0.199. The Hall–Kier alpha value is -2.56. The Morgan fingerprint density at radius 1 is 1.26 bits per heavy atom. The first-order valence-electron chi connectivity index (χ1n) is 7.65. The van der Waals surface area contributed by atoms with Gasteiger partial charge in [-0.1, -0.05) is 30.3 Å². The van der Waals surface area contributed by atoms with Crippen LogP contribution >= 0.6 is 0 Å². The van der Waals surface area contributed by atoms with E-state index in [4.69, 9.17) is 9.52 Å². The van der Waals surface area contributed by atoms with Gasteiger partial charge in [0.05, 0.1) is 12.0 Å². The lowest BCUT2D eigenvalue weighted by atomic mass is 9.95. The zero-order valence-corrected chi connectivity index (χ0v) is 13.0. The van der Waals surface area contributed by atoms with Gasteiger partial charge in [-0.15, -0.1) is 0 Å². The molecule has 23 heavy (non-hydrogen) atoms. The van der Waals surface area contributed by atoms with Gasteiger partial charge in [0.15, 0.2) is 0 Å². The molecule has 0 bridgehead atoms. The van der Waals surface area contributed by atoms with E-state index in [2.05, 4.69) is 5.32 Å². The fraction of sp³-hybridized carbons (Fsp3) is 0.333. The molecule has 120 valence electrons. The molecule has 0 saturated heterocycles. The van der Waals surface area contributed by atoms with Gasteiger partial charge in [-0.25, -0.2) is 4.79 Å². The number of nitrogens with one attached hydrogen (secondary N) is 1. The molecular formula is C18H19NO4. The van der Waals surface area contributed by atoms with Gasteiger partial charge in [0.25, 0.3) is 0 Å². The van der Waals surface area contributed by atoms with Crippen LogP contribution in [0, 0.1) is 12.3 Å². The molecule has 1 amide bonds. The molecular weight excluding hydrogens is 294 g/mol. The number of hydrogen-bond donors (Lipinski definition) is 2. The highest BCUT2D eigenvalue weighted by atomic mass is 16.4. The molecule has 0 atom stereocenters. The molecule has 0 aliphatic heterocycles. The van der Waals surface area contributed by atoms with Gasteiger partial charge in [-0.2, -0.15) is 0 Å². The second-order valence-corrected chi connectivity index (χ2v) is 6.11. The van der Waals surface area contributed by atoms with Crippen molar-refractivity contribution < 1.29 is 19.1 Å². The van der Waals surface area contributed by atoms with E-state index in [0.29, 0.717) is 11.5 Å². The van der Waals surface area contributed by atoms with Crippen LogP contribution in [0.5, 0.6) is 0 Å². The van der Waals surface area contributed by atoms with Crippen LogP contribution in [-0.2, 0) is 17.8 Å². The number of furan rings is 1. The summed E-state index contributed by atoms with van der Waals surface area (Å²) in [6.07, 6.45) is 2.49. The summed E-state index contributed by atoms with van der Waals surface area (Å²) >= 11 is 0. The lowest BCUT2D eigenvalue weighted by molar-refractivity contribution is -0.126. The number of carbonyl (C=O) groups is 2. The summed E-state index contributed by atoms with van der Waals surface area (Å²) in [4.78, 5) is 23.5. The molecule has 5 nitrogen and oxygen atoms in total. The summed E-state index contributed by atoms with van der Waals surface area (Å²) in [5, 5.41) is 11.9. The minimum absolute atomic E-state index is 0.00674. The zero-order chi connectivity index (χ0) is 16.4. The van der Waals surface area contributed by atoms with Crippen LogP contribution in [0.1, 0.15) is 40.3 Å². The number of amides is 1. The van der Waals surface area contributed by atoms with Gasteiger partial charge in [-0.05, 0) is 37.8 Å². The molecule has 1 aliphatic carbocycles. The van der Waals surface area contributed by atoms with Crippen molar-refractivity contribution in [2.24, 2.45) is 5.41 Å². The van der Waals surface area contributed by atoms with Crippen LogP contribution < -0.4 is 5.32 Å². The number of carboxylic acids is 1. The summed E-state index contributed by atoms with van der Waals surface area (Å²) in [5.41, 5.74) is 0.973. The molecule has 1 heterocycles. The molecule has 1 saturated carbocycles. The van der Waals surface area contributed by atoms with Crippen molar-refractivity contribution in [1.82, 2.24) is 5.32 Å². The lowest BCUT2D eigenvalue weighted by Gasteiger charge is -2.14. The number of carboxylic acid groups (broad SMARTS) is 1. The van der Waals surface area contributed by atoms with Crippen LogP contribution in [0.25, 0.3) is 0 Å². The van der Waals surface area contributed by atoms with E-state index in [1.165, 1.54) is 6.07 Å². The van der Waals surface area contributed by atoms with Gasteiger partial charge in [0.2, 0.25) is 5.91 Å². The molecule has 0 radical (unpaired) electrons. The van der Waals surface area contributed by atoms with E-state index >= 15 is 0 Å². The Kier molecular flexibility index (Phi) is 3.94. The summed E-state index contributed by atoms with van der Waals surface area (Å²) in [6.45, 7) is 1.82. The van der Waals surface area contributed by atoms with Crippen LogP contribution in [0.15, 0.2) is 40.8 Å². The maximum atomic E-state index is 12.5. The van der Waals surface area contributed by atoms with E-state index in [1.807, 2.05) is 30.3 Å². The van der Waals surface area contributed by atoms with Gasteiger partial charge in [-0.3, -0.25) is 4.79 Å². The SMILES string of the molecule is Cc1oc(CNC(=O)C2(Cc3ccccc3)CC2)cc1C(=O)O. The Labute approximate surface area is 134 Å². The van der Waals surface area contributed by atoms with E-state index < -0.39 is 5.97 Å². The molecule has 1 fully saturated rings. The molecule has 1 aliphatic rings. The number of hydrogen-bond acceptors (Lipinski definition) is 3. The summed E-state index contributed by atoms with van der Waals surface area (Å²) in [7, 11) is 0. The smallest absolute Gasteiger partial charge is 0.339 e. The van der Waals surface area contributed by atoms with Gasteiger partial charge in [0.1, 0.15) is 17.1 Å². The first-order chi connectivity index (χ1) is 11.0. The highest BCUT2D eigenvalue weighted by Crippen LogP contribution is 2.48. The lowest BCUT2D eigenvalue weighted by Crippen LogP contribution is -2.32. The minimum Gasteiger partial charge on any atom is -0.478 e.